The van der Waals surface area contributed by atoms with Crippen molar-refractivity contribution >= 4 is 12.0 Å². The molecule has 0 spiro atoms. The van der Waals surface area contributed by atoms with E-state index in [-0.39, 0.29) is 0 Å². The number of nitrogens with zero attached hydrogens (tertiary/aromatic N) is 4. The molecule has 0 radical (unpaired) electrons. The van der Waals surface area contributed by atoms with E-state index in [0.717, 1.165) is 67.9 Å². The van der Waals surface area contributed by atoms with Gasteiger partial charge in [0.2, 0.25) is 0 Å². The number of rotatable bonds is 4. The normalized spacial score (nSPS) is 16.8. The summed E-state index contributed by atoms with van der Waals surface area (Å²) in [6.45, 7) is 4.06. The number of allylic oxidation sites excluding steroid dienone is 3. The van der Waals surface area contributed by atoms with E-state index in [9.17, 15) is 0 Å². The Morgan fingerprint density at radius 3 is 2.84 bits per heavy atom. The number of hydrogen-bond acceptors (Lipinski definition) is 5. The second kappa shape index (κ2) is 7.21. The molecule has 1 N–H and O–H groups in total. The number of hydrogen-bond donors (Lipinski definition) is 1. The summed E-state index contributed by atoms with van der Waals surface area (Å²) in [5, 5.41) is 3.22. The molecule has 0 aliphatic carbocycles. The highest BCUT2D eigenvalue weighted by Crippen LogP contribution is 2.28. The largest absolute Gasteiger partial charge is 0.378 e. The van der Waals surface area contributed by atoms with E-state index in [0.29, 0.717) is 0 Å². The molecule has 0 aromatic carbocycles. The minimum absolute atomic E-state index is 0.734. The lowest BCUT2D eigenvalue weighted by molar-refractivity contribution is 0.122. The Bertz CT molecular complexity index is 785. The second-order valence-corrected chi connectivity index (χ2v) is 6.20. The highest BCUT2D eigenvalue weighted by atomic mass is 16.5. The summed E-state index contributed by atoms with van der Waals surface area (Å²) in [5.74, 6) is 2.07. The zero-order valence-corrected chi connectivity index (χ0v) is 14.5. The van der Waals surface area contributed by atoms with Crippen LogP contribution in [0.1, 0.15) is 11.5 Å². The van der Waals surface area contributed by atoms with Crippen LogP contribution in [0.3, 0.4) is 0 Å². The van der Waals surface area contributed by atoms with E-state index in [2.05, 4.69) is 51.3 Å². The number of fused-ring (bicyclic) bond motifs is 1. The van der Waals surface area contributed by atoms with Crippen LogP contribution >= 0.6 is 0 Å². The Balaban J connectivity index is 1.70. The highest BCUT2D eigenvalue weighted by Gasteiger charge is 2.18. The Morgan fingerprint density at radius 2 is 2.08 bits per heavy atom. The van der Waals surface area contributed by atoms with E-state index in [1.54, 1.807) is 0 Å². The van der Waals surface area contributed by atoms with Gasteiger partial charge in [-0.15, -0.1) is 0 Å². The first-order valence-corrected chi connectivity index (χ1v) is 8.74. The Kier molecular flexibility index (Phi) is 4.63. The molecule has 130 valence electrons. The average Bonchev–Trinajstić information content (AvgIpc) is 2.84. The minimum Gasteiger partial charge on any atom is -0.378 e. The third-order valence-electron chi connectivity index (χ3n) is 4.54. The van der Waals surface area contributed by atoms with Gasteiger partial charge in [-0.05, 0) is 25.3 Å². The van der Waals surface area contributed by atoms with Crippen LogP contribution in [0.15, 0.2) is 36.6 Å². The molecule has 2 aromatic rings. The molecule has 0 bridgehead atoms. The standard InChI is InChI=1S/C19H23N5O/c1-20-14-16-19(24-8-4-2-3-5-18(24)22-16)15-6-7-17(21-13-15)23-9-11-25-12-10-23/h2-4,6-8,13,20H,5,9-12,14H2,1H3. The smallest absolute Gasteiger partial charge is 0.128 e. The Hall–Kier alpha value is -2.44. The molecule has 0 amide bonds. The minimum atomic E-state index is 0.734. The fourth-order valence-corrected chi connectivity index (χ4v) is 3.33. The summed E-state index contributed by atoms with van der Waals surface area (Å²) in [6, 6.07) is 4.25. The van der Waals surface area contributed by atoms with Crippen molar-refractivity contribution in [1.82, 2.24) is 19.9 Å². The average molecular weight is 337 g/mol. The van der Waals surface area contributed by atoms with Crippen molar-refractivity contribution in [2.24, 2.45) is 0 Å². The summed E-state index contributed by atoms with van der Waals surface area (Å²) < 4.78 is 7.60. The van der Waals surface area contributed by atoms with Crippen molar-refractivity contribution in [3.8, 4) is 11.3 Å². The molecule has 2 aliphatic heterocycles. The first-order valence-electron chi connectivity index (χ1n) is 8.74. The third-order valence-corrected chi connectivity index (χ3v) is 4.54. The molecule has 0 saturated carbocycles. The molecule has 0 atom stereocenters. The fourth-order valence-electron chi connectivity index (χ4n) is 3.33. The van der Waals surface area contributed by atoms with Crippen molar-refractivity contribution in [3.63, 3.8) is 0 Å². The summed E-state index contributed by atoms with van der Waals surface area (Å²) >= 11 is 0. The monoisotopic (exact) mass is 337 g/mol. The molecule has 2 aromatic heterocycles. The van der Waals surface area contributed by atoms with Crippen LogP contribution < -0.4 is 10.2 Å². The molecule has 2 aliphatic rings. The lowest BCUT2D eigenvalue weighted by atomic mass is 10.1. The molecule has 1 saturated heterocycles. The molecule has 4 heterocycles. The zero-order chi connectivity index (χ0) is 17.1. The number of nitrogens with one attached hydrogen (secondary N) is 1. The van der Waals surface area contributed by atoms with Gasteiger partial charge in [0.15, 0.2) is 0 Å². The molecule has 1 fully saturated rings. The predicted octanol–water partition coefficient (Wildman–Crippen LogP) is 2.08. The lowest BCUT2D eigenvalue weighted by Crippen LogP contribution is -2.36. The fraction of sp³-hybridized carbons (Fsp3) is 0.368. The van der Waals surface area contributed by atoms with Crippen LogP contribution in [0.5, 0.6) is 0 Å². The number of imidazole rings is 1. The number of anilines is 1. The summed E-state index contributed by atoms with van der Waals surface area (Å²) in [5.41, 5.74) is 3.26. The van der Waals surface area contributed by atoms with Gasteiger partial charge in [-0.2, -0.15) is 0 Å². The number of morpholine rings is 1. The maximum atomic E-state index is 5.42. The third kappa shape index (κ3) is 3.23. The Labute approximate surface area is 147 Å². The summed E-state index contributed by atoms with van der Waals surface area (Å²) in [4.78, 5) is 11.8. The molecule has 0 unspecified atom stereocenters. The van der Waals surface area contributed by atoms with Crippen molar-refractivity contribution < 1.29 is 4.74 Å². The SMILES string of the molecule is CNCc1nc2n(c1-c1ccc(N3CCOCC3)nc1)C=CC=CC2. The maximum Gasteiger partial charge on any atom is 0.128 e. The number of pyridine rings is 1. The van der Waals surface area contributed by atoms with Gasteiger partial charge in [-0.1, -0.05) is 12.2 Å². The first-order chi connectivity index (χ1) is 12.4. The van der Waals surface area contributed by atoms with Gasteiger partial charge in [0.25, 0.3) is 0 Å². The van der Waals surface area contributed by atoms with Gasteiger partial charge in [0.05, 0.1) is 24.6 Å². The van der Waals surface area contributed by atoms with E-state index in [4.69, 9.17) is 14.7 Å². The van der Waals surface area contributed by atoms with Crippen LogP contribution in [-0.2, 0) is 17.7 Å². The predicted molar refractivity (Wildman–Crippen MR) is 99.4 cm³/mol. The van der Waals surface area contributed by atoms with Gasteiger partial charge in [-0.25, -0.2) is 9.97 Å². The quantitative estimate of drug-likeness (QED) is 0.926. The van der Waals surface area contributed by atoms with Crippen LogP contribution in [0, 0.1) is 0 Å². The number of aromatic nitrogens is 3. The molecule has 6 heteroatoms. The van der Waals surface area contributed by atoms with Crippen LogP contribution in [0.25, 0.3) is 17.5 Å². The zero-order valence-electron chi connectivity index (χ0n) is 14.5. The van der Waals surface area contributed by atoms with Gasteiger partial charge < -0.3 is 19.5 Å². The molecule has 6 nitrogen and oxygen atoms in total. The van der Waals surface area contributed by atoms with Crippen LogP contribution in [0.2, 0.25) is 0 Å². The molecule has 4 rings (SSSR count). The first kappa shape index (κ1) is 16.1. The van der Waals surface area contributed by atoms with E-state index in [1.165, 1.54) is 0 Å². The van der Waals surface area contributed by atoms with E-state index in [1.807, 2.05) is 13.2 Å². The second-order valence-electron chi connectivity index (χ2n) is 6.20. The van der Waals surface area contributed by atoms with E-state index < -0.39 is 0 Å². The van der Waals surface area contributed by atoms with Crippen molar-refractivity contribution in [1.29, 1.82) is 0 Å². The molecular formula is C19H23N5O. The van der Waals surface area contributed by atoms with Gasteiger partial charge >= 0.3 is 0 Å². The van der Waals surface area contributed by atoms with Gasteiger partial charge in [-0.3, -0.25) is 0 Å². The Morgan fingerprint density at radius 1 is 1.20 bits per heavy atom. The summed E-state index contributed by atoms with van der Waals surface area (Å²) in [7, 11) is 1.95. The van der Waals surface area contributed by atoms with Crippen molar-refractivity contribution in [3.05, 3.63) is 48.1 Å². The molecular weight excluding hydrogens is 314 g/mol. The van der Waals surface area contributed by atoms with Crippen LogP contribution in [-0.4, -0.2) is 47.9 Å². The molecule has 25 heavy (non-hydrogen) atoms. The number of ether oxygens (including phenoxy) is 1. The van der Waals surface area contributed by atoms with Gasteiger partial charge in [0, 0.05) is 44.0 Å². The lowest BCUT2D eigenvalue weighted by Gasteiger charge is -2.27. The van der Waals surface area contributed by atoms with Crippen LogP contribution in [0.4, 0.5) is 5.82 Å². The summed E-state index contributed by atoms with van der Waals surface area (Å²) in [6.07, 6.45) is 11.1. The van der Waals surface area contributed by atoms with Gasteiger partial charge in [0.1, 0.15) is 11.6 Å². The highest BCUT2D eigenvalue weighted by molar-refractivity contribution is 5.67. The van der Waals surface area contributed by atoms with Crippen molar-refractivity contribution in [2.45, 2.75) is 13.0 Å². The maximum absolute atomic E-state index is 5.42. The van der Waals surface area contributed by atoms with E-state index >= 15 is 0 Å². The van der Waals surface area contributed by atoms with Crippen molar-refractivity contribution in [2.75, 3.05) is 38.3 Å². The topological polar surface area (TPSA) is 55.2 Å².